The fraction of sp³-hybridized carbons (Fsp3) is 0.355. The number of anilines is 1. The van der Waals surface area contributed by atoms with E-state index in [4.69, 9.17) is 23.2 Å². The summed E-state index contributed by atoms with van der Waals surface area (Å²) >= 11 is 13.0. The quantitative estimate of drug-likeness (QED) is 0.273. The second kappa shape index (κ2) is 14.2. The van der Waals surface area contributed by atoms with Crippen molar-refractivity contribution in [2.45, 2.75) is 59.2 Å². The number of benzene rings is 3. The summed E-state index contributed by atoms with van der Waals surface area (Å²) in [6, 6.07) is 18.5. The van der Waals surface area contributed by atoms with Crippen LogP contribution in [0, 0.1) is 13.8 Å². The lowest BCUT2D eigenvalue weighted by molar-refractivity contribution is -0.140. The van der Waals surface area contributed by atoms with Crippen LogP contribution in [0.15, 0.2) is 66.7 Å². The number of carbonyl (C=O) groups excluding carboxylic acids is 2. The molecule has 0 aromatic heterocycles. The number of hydrogen-bond donors (Lipinski definition) is 1. The highest BCUT2D eigenvalue weighted by molar-refractivity contribution is 7.92. The number of amides is 2. The number of carbonyl (C=O) groups is 2. The van der Waals surface area contributed by atoms with E-state index >= 15 is 0 Å². The van der Waals surface area contributed by atoms with E-state index in [1.165, 1.54) is 4.90 Å². The fourth-order valence-corrected chi connectivity index (χ4v) is 5.70. The van der Waals surface area contributed by atoms with Crippen LogP contribution in [0.5, 0.6) is 0 Å². The van der Waals surface area contributed by atoms with Crippen LogP contribution in [0.4, 0.5) is 5.69 Å². The predicted molar refractivity (Wildman–Crippen MR) is 167 cm³/mol. The molecule has 0 aliphatic heterocycles. The van der Waals surface area contributed by atoms with Crippen LogP contribution in [-0.2, 0) is 32.6 Å². The van der Waals surface area contributed by atoms with E-state index in [1.807, 2.05) is 64.1 Å². The maximum atomic E-state index is 14.2. The Bertz CT molecular complexity index is 1460. The van der Waals surface area contributed by atoms with Crippen LogP contribution in [0.3, 0.4) is 0 Å². The molecule has 10 heteroatoms. The third-order valence-electron chi connectivity index (χ3n) is 7.12. The number of rotatable bonds is 12. The van der Waals surface area contributed by atoms with E-state index in [9.17, 15) is 18.0 Å². The Kier molecular flexibility index (Phi) is 11.2. The summed E-state index contributed by atoms with van der Waals surface area (Å²) in [6.45, 7) is 7.05. The molecular weight excluding hydrogens is 581 g/mol. The Morgan fingerprint density at radius 3 is 2.12 bits per heavy atom. The standard InChI is InChI=1S/C31H37Cl2N3O4S/c1-6-23(4)34-31(38)29(18-24-11-8-7-9-12-24)35(19-26-27(32)13-10-14-28(26)33)30(37)20-36(41(5,39)40)25-16-15-21(2)22(3)17-25/h7-17,23,29H,6,18-20H2,1-5H3,(H,34,38)/t23-,29+/m0/s1. The number of aryl methyl sites for hydroxylation is 2. The van der Waals surface area contributed by atoms with Crippen molar-refractivity contribution < 1.29 is 18.0 Å². The first-order valence-electron chi connectivity index (χ1n) is 13.4. The van der Waals surface area contributed by atoms with Crippen LogP contribution in [0.25, 0.3) is 0 Å². The zero-order chi connectivity index (χ0) is 30.3. The van der Waals surface area contributed by atoms with Crippen molar-refractivity contribution in [2.75, 3.05) is 17.1 Å². The average molecular weight is 619 g/mol. The van der Waals surface area contributed by atoms with Gasteiger partial charge in [-0.2, -0.15) is 0 Å². The molecule has 0 radical (unpaired) electrons. The molecule has 220 valence electrons. The van der Waals surface area contributed by atoms with Crippen molar-refractivity contribution in [3.05, 3.63) is 99.0 Å². The summed E-state index contributed by atoms with van der Waals surface area (Å²) in [7, 11) is -3.86. The summed E-state index contributed by atoms with van der Waals surface area (Å²) in [4.78, 5) is 29.3. The SMILES string of the molecule is CC[C@H](C)NC(=O)[C@@H](Cc1ccccc1)N(Cc1c(Cl)cccc1Cl)C(=O)CN(c1ccc(C)c(C)c1)S(C)(=O)=O. The first-order chi connectivity index (χ1) is 19.3. The van der Waals surface area contributed by atoms with Gasteiger partial charge in [-0.3, -0.25) is 13.9 Å². The highest BCUT2D eigenvalue weighted by atomic mass is 35.5. The zero-order valence-electron chi connectivity index (χ0n) is 24.0. The van der Waals surface area contributed by atoms with E-state index < -0.39 is 28.5 Å². The van der Waals surface area contributed by atoms with Gasteiger partial charge < -0.3 is 10.2 Å². The van der Waals surface area contributed by atoms with E-state index in [1.54, 1.807) is 30.3 Å². The number of nitrogens with one attached hydrogen (secondary N) is 1. The minimum Gasteiger partial charge on any atom is -0.352 e. The first kappa shape index (κ1) is 32.4. The lowest BCUT2D eigenvalue weighted by atomic mass is 10.0. The van der Waals surface area contributed by atoms with E-state index in [0.29, 0.717) is 27.7 Å². The van der Waals surface area contributed by atoms with Gasteiger partial charge in [0.15, 0.2) is 0 Å². The van der Waals surface area contributed by atoms with Gasteiger partial charge in [0.25, 0.3) is 0 Å². The van der Waals surface area contributed by atoms with Crippen LogP contribution in [0.1, 0.15) is 42.5 Å². The number of hydrogen-bond acceptors (Lipinski definition) is 4. The molecule has 41 heavy (non-hydrogen) atoms. The van der Waals surface area contributed by atoms with Crippen molar-refractivity contribution in [1.29, 1.82) is 0 Å². The molecule has 0 saturated carbocycles. The third kappa shape index (κ3) is 8.71. The van der Waals surface area contributed by atoms with E-state index in [0.717, 1.165) is 27.3 Å². The average Bonchev–Trinajstić information content (AvgIpc) is 2.92. The maximum absolute atomic E-state index is 14.2. The van der Waals surface area contributed by atoms with Gasteiger partial charge in [-0.05, 0) is 68.1 Å². The second-order valence-corrected chi connectivity index (χ2v) is 13.0. The minimum absolute atomic E-state index is 0.0900. The molecule has 3 aromatic rings. The normalized spacial score (nSPS) is 12.9. The van der Waals surface area contributed by atoms with Gasteiger partial charge in [-0.25, -0.2) is 8.42 Å². The molecule has 0 fully saturated rings. The molecule has 0 bridgehead atoms. The fourth-order valence-electron chi connectivity index (χ4n) is 4.34. The molecule has 0 heterocycles. The van der Waals surface area contributed by atoms with Gasteiger partial charge in [-0.15, -0.1) is 0 Å². The lowest BCUT2D eigenvalue weighted by Crippen LogP contribution is -2.54. The number of nitrogens with zero attached hydrogens (tertiary/aromatic N) is 2. The molecule has 3 aromatic carbocycles. The van der Waals surface area contributed by atoms with Gasteiger partial charge in [-0.1, -0.05) is 72.6 Å². The Balaban J connectivity index is 2.12. The lowest BCUT2D eigenvalue weighted by Gasteiger charge is -2.34. The summed E-state index contributed by atoms with van der Waals surface area (Å²) in [5.74, 6) is -0.915. The Hall–Kier alpha value is -3.07. The topological polar surface area (TPSA) is 86.8 Å². The Morgan fingerprint density at radius 1 is 0.927 bits per heavy atom. The highest BCUT2D eigenvalue weighted by Gasteiger charge is 2.34. The van der Waals surface area contributed by atoms with Gasteiger partial charge in [0, 0.05) is 34.6 Å². The third-order valence-corrected chi connectivity index (χ3v) is 8.97. The maximum Gasteiger partial charge on any atom is 0.244 e. The molecule has 0 aliphatic rings. The van der Waals surface area contributed by atoms with Crippen LogP contribution < -0.4 is 9.62 Å². The Morgan fingerprint density at radius 2 is 1.56 bits per heavy atom. The molecule has 3 rings (SSSR count). The van der Waals surface area contributed by atoms with Crippen molar-refractivity contribution in [1.82, 2.24) is 10.2 Å². The zero-order valence-corrected chi connectivity index (χ0v) is 26.4. The van der Waals surface area contributed by atoms with Crippen molar-refractivity contribution in [3.8, 4) is 0 Å². The molecule has 0 saturated heterocycles. The molecule has 0 unspecified atom stereocenters. The molecule has 2 atom stereocenters. The predicted octanol–water partition coefficient (Wildman–Crippen LogP) is 5.93. The van der Waals surface area contributed by atoms with Gasteiger partial charge in [0.1, 0.15) is 12.6 Å². The van der Waals surface area contributed by atoms with Gasteiger partial charge in [0.2, 0.25) is 21.8 Å². The largest absolute Gasteiger partial charge is 0.352 e. The molecule has 7 nitrogen and oxygen atoms in total. The molecule has 0 spiro atoms. The molecule has 2 amide bonds. The second-order valence-electron chi connectivity index (χ2n) is 10.3. The summed E-state index contributed by atoms with van der Waals surface area (Å²) in [6.07, 6.45) is 1.96. The minimum atomic E-state index is -3.86. The molecule has 0 aliphatic carbocycles. The summed E-state index contributed by atoms with van der Waals surface area (Å²) < 4.78 is 27.0. The monoisotopic (exact) mass is 617 g/mol. The Labute approximate surface area is 253 Å². The molecular formula is C31H37Cl2N3O4S. The van der Waals surface area contributed by atoms with Crippen LogP contribution >= 0.6 is 23.2 Å². The van der Waals surface area contributed by atoms with Crippen molar-refractivity contribution in [2.24, 2.45) is 0 Å². The van der Waals surface area contributed by atoms with E-state index in [-0.39, 0.29) is 24.9 Å². The van der Waals surface area contributed by atoms with Crippen molar-refractivity contribution >= 4 is 50.7 Å². The van der Waals surface area contributed by atoms with Gasteiger partial charge in [0.05, 0.1) is 11.9 Å². The highest BCUT2D eigenvalue weighted by Crippen LogP contribution is 2.28. The number of halogens is 2. The van der Waals surface area contributed by atoms with E-state index in [2.05, 4.69) is 5.32 Å². The van der Waals surface area contributed by atoms with Gasteiger partial charge >= 0.3 is 0 Å². The number of sulfonamides is 1. The van der Waals surface area contributed by atoms with Crippen LogP contribution in [0.2, 0.25) is 10.0 Å². The van der Waals surface area contributed by atoms with Crippen molar-refractivity contribution in [3.63, 3.8) is 0 Å². The van der Waals surface area contributed by atoms with Crippen LogP contribution in [-0.4, -0.2) is 50.0 Å². The summed E-state index contributed by atoms with van der Waals surface area (Å²) in [5.41, 5.74) is 3.55. The summed E-state index contributed by atoms with van der Waals surface area (Å²) in [5, 5.41) is 3.67. The molecule has 1 N–H and O–H groups in total. The smallest absolute Gasteiger partial charge is 0.244 e. The first-order valence-corrected chi connectivity index (χ1v) is 16.0.